The van der Waals surface area contributed by atoms with Crippen LogP contribution in [0.15, 0.2) is 48.7 Å². The Balaban J connectivity index is 1.27. The van der Waals surface area contributed by atoms with Gasteiger partial charge in [0.15, 0.2) is 11.5 Å². The van der Waals surface area contributed by atoms with E-state index >= 15 is 0 Å². The summed E-state index contributed by atoms with van der Waals surface area (Å²) in [6.45, 7) is 7.27. The lowest BCUT2D eigenvalue weighted by atomic mass is 10.1. The number of carbonyl (C=O) groups is 1. The first kappa shape index (κ1) is 19.6. The molecular formula is C24H26N4O3. The number of benzene rings is 2. The van der Waals surface area contributed by atoms with E-state index < -0.39 is 0 Å². The minimum absolute atomic E-state index is 0.00850. The minimum Gasteiger partial charge on any atom is -0.486 e. The van der Waals surface area contributed by atoms with Crippen LogP contribution in [-0.2, 0) is 6.54 Å². The number of aromatic nitrogens is 2. The number of hydrogen-bond donors (Lipinski definition) is 1. The van der Waals surface area contributed by atoms with Gasteiger partial charge in [0.2, 0.25) is 0 Å². The van der Waals surface area contributed by atoms with E-state index in [1.165, 1.54) is 11.1 Å². The van der Waals surface area contributed by atoms with Crippen molar-refractivity contribution in [1.82, 2.24) is 20.0 Å². The van der Waals surface area contributed by atoms with Gasteiger partial charge in [0.1, 0.15) is 13.2 Å². The number of nitrogens with one attached hydrogen (secondary N) is 1. The van der Waals surface area contributed by atoms with Gasteiger partial charge in [0, 0.05) is 38.3 Å². The standard InChI is InChI=1S/C24H26N4O3/c1-17-4-2-3-5-19(17)16-27-8-10-28(11-9-27)24(29)20-15-25-26-23(20)18-6-7-21-22(14-18)31-13-12-30-21/h2-7,14-15H,8-13,16H2,1H3,(H,25,26). The maximum absolute atomic E-state index is 13.3. The van der Waals surface area contributed by atoms with Crippen molar-refractivity contribution in [3.05, 3.63) is 65.4 Å². The Labute approximate surface area is 181 Å². The van der Waals surface area contributed by atoms with Crippen LogP contribution in [0, 0.1) is 6.92 Å². The normalized spacial score (nSPS) is 16.4. The zero-order valence-electron chi connectivity index (χ0n) is 17.6. The molecule has 0 atom stereocenters. The summed E-state index contributed by atoms with van der Waals surface area (Å²) in [7, 11) is 0. The van der Waals surface area contributed by atoms with Crippen LogP contribution in [0.25, 0.3) is 11.3 Å². The summed E-state index contributed by atoms with van der Waals surface area (Å²) in [4.78, 5) is 17.6. The number of aromatic amines is 1. The molecule has 1 saturated heterocycles. The molecule has 7 heteroatoms. The van der Waals surface area contributed by atoms with E-state index in [1.54, 1.807) is 6.20 Å². The highest BCUT2D eigenvalue weighted by molar-refractivity contribution is 6.00. The number of amides is 1. The molecule has 0 saturated carbocycles. The summed E-state index contributed by atoms with van der Waals surface area (Å²) in [6, 6.07) is 14.2. The molecule has 0 bridgehead atoms. The van der Waals surface area contributed by atoms with Crippen molar-refractivity contribution >= 4 is 5.91 Å². The van der Waals surface area contributed by atoms with Gasteiger partial charge in [-0.1, -0.05) is 24.3 Å². The first-order valence-electron chi connectivity index (χ1n) is 10.7. The second-order valence-corrected chi connectivity index (χ2v) is 8.01. The second-order valence-electron chi connectivity index (χ2n) is 8.01. The number of H-pyrrole nitrogens is 1. The van der Waals surface area contributed by atoms with Crippen LogP contribution in [0.4, 0.5) is 0 Å². The molecule has 0 radical (unpaired) electrons. The smallest absolute Gasteiger partial charge is 0.257 e. The molecule has 0 aliphatic carbocycles. The van der Waals surface area contributed by atoms with Gasteiger partial charge in [-0.2, -0.15) is 5.10 Å². The predicted molar refractivity (Wildman–Crippen MR) is 117 cm³/mol. The number of carbonyl (C=O) groups excluding carboxylic acids is 1. The van der Waals surface area contributed by atoms with Gasteiger partial charge < -0.3 is 14.4 Å². The Bertz CT molecular complexity index is 1090. The molecule has 2 aliphatic rings. The third-order valence-corrected chi connectivity index (χ3v) is 6.02. The summed E-state index contributed by atoms with van der Waals surface area (Å²) in [6.07, 6.45) is 1.62. The summed E-state index contributed by atoms with van der Waals surface area (Å²) in [5.41, 5.74) is 4.82. The molecule has 31 heavy (non-hydrogen) atoms. The molecule has 3 aromatic rings. The molecule has 1 amide bonds. The molecule has 1 fully saturated rings. The molecule has 0 unspecified atom stereocenters. The van der Waals surface area contributed by atoms with Crippen LogP contribution in [-0.4, -0.2) is 65.3 Å². The largest absolute Gasteiger partial charge is 0.486 e. The third-order valence-electron chi connectivity index (χ3n) is 6.02. The highest BCUT2D eigenvalue weighted by Gasteiger charge is 2.26. The lowest BCUT2D eigenvalue weighted by molar-refractivity contribution is 0.0629. The second kappa shape index (κ2) is 8.43. The molecule has 160 valence electrons. The Morgan fingerprint density at radius 1 is 1.03 bits per heavy atom. The van der Waals surface area contributed by atoms with Crippen molar-refractivity contribution in [3.8, 4) is 22.8 Å². The fraction of sp³-hybridized carbons (Fsp3) is 0.333. The van der Waals surface area contributed by atoms with Gasteiger partial charge >= 0.3 is 0 Å². The number of fused-ring (bicyclic) bond motifs is 1. The topological polar surface area (TPSA) is 70.7 Å². The molecule has 1 aromatic heterocycles. The van der Waals surface area contributed by atoms with Gasteiger partial charge in [-0.3, -0.25) is 14.8 Å². The predicted octanol–water partition coefficient (Wildman–Crippen LogP) is 3.11. The number of rotatable bonds is 4. The Morgan fingerprint density at radius 3 is 2.61 bits per heavy atom. The molecule has 0 spiro atoms. The van der Waals surface area contributed by atoms with Crippen LogP contribution in [0.2, 0.25) is 0 Å². The average Bonchev–Trinajstić information content (AvgIpc) is 3.30. The number of piperazine rings is 1. The molecule has 1 N–H and O–H groups in total. The van der Waals surface area contributed by atoms with Crippen LogP contribution in [0.3, 0.4) is 0 Å². The molecule has 5 rings (SSSR count). The van der Waals surface area contributed by atoms with E-state index in [4.69, 9.17) is 9.47 Å². The fourth-order valence-corrected chi connectivity index (χ4v) is 4.18. The zero-order valence-corrected chi connectivity index (χ0v) is 17.6. The van der Waals surface area contributed by atoms with E-state index in [0.717, 1.165) is 30.9 Å². The maximum atomic E-state index is 13.3. The van der Waals surface area contributed by atoms with Crippen molar-refractivity contribution < 1.29 is 14.3 Å². The number of hydrogen-bond acceptors (Lipinski definition) is 5. The van der Waals surface area contributed by atoms with Gasteiger partial charge in [-0.15, -0.1) is 0 Å². The first-order chi connectivity index (χ1) is 15.2. The highest BCUT2D eigenvalue weighted by atomic mass is 16.6. The van der Waals surface area contributed by atoms with Crippen LogP contribution < -0.4 is 9.47 Å². The van der Waals surface area contributed by atoms with Crippen molar-refractivity contribution in [2.75, 3.05) is 39.4 Å². The number of nitrogens with zero attached hydrogens (tertiary/aromatic N) is 3. The van der Waals surface area contributed by atoms with E-state index in [9.17, 15) is 4.79 Å². The van der Waals surface area contributed by atoms with Gasteiger partial charge in [-0.25, -0.2) is 0 Å². The van der Waals surface area contributed by atoms with E-state index in [1.807, 2.05) is 23.1 Å². The quantitative estimate of drug-likeness (QED) is 0.705. The molecule has 2 aliphatic heterocycles. The summed E-state index contributed by atoms with van der Waals surface area (Å²) in [5, 5.41) is 7.14. The van der Waals surface area contributed by atoms with Crippen molar-refractivity contribution in [1.29, 1.82) is 0 Å². The molecule has 7 nitrogen and oxygen atoms in total. The molecular weight excluding hydrogens is 392 g/mol. The molecule has 2 aromatic carbocycles. The minimum atomic E-state index is 0.00850. The van der Waals surface area contributed by atoms with Gasteiger partial charge in [0.05, 0.1) is 17.5 Å². The SMILES string of the molecule is Cc1ccccc1CN1CCN(C(=O)c2cn[nH]c2-c2ccc3c(c2)OCCO3)CC1. The monoisotopic (exact) mass is 418 g/mol. The van der Waals surface area contributed by atoms with Crippen molar-refractivity contribution in [2.24, 2.45) is 0 Å². The van der Waals surface area contributed by atoms with Gasteiger partial charge in [0.25, 0.3) is 5.91 Å². The number of ether oxygens (including phenoxy) is 2. The Kier molecular flexibility index (Phi) is 5.34. The maximum Gasteiger partial charge on any atom is 0.257 e. The summed E-state index contributed by atoms with van der Waals surface area (Å²) in [5.74, 6) is 1.43. The first-order valence-corrected chi connectivity index (χ1v) is 10.7. The third kappa shape index (κ3) is 4.01. The molecule has 3 heterocycles. The number of aryl methyl sites for hydroxylation is 1. The zero-order chi connectivity index (χ0) is 21.2. The van der Waals surface area contributed by atoms with Gasteiger partial charge in [-0.05, 0) is 36.2 Å². The lowest BCUT2D eigenvalue weighted by Gasteiger charge is -2.35. The van der Waals surface area contributed by atoms with E-state index in [-0.39, 0.29) is 5.91 Å². The van der Waals surface area contributed by atoms with E-state index in [2.05, 4.69) is 46.3 Å². The average molecular weight is 418 g/mol. The van der Waals surface area contributed by atoms with Crippen molar-refractivity contribution in [2.45, 2.75) is 13.5 Å². The Hall–Kier alpha value is -3.32. The summed E-state index contributed by atoms with van der Waals surface area (Å²) >= 11 is 0. The lowest BCUT2D eigenvalue weighted by Crippen LogP contribution is -2.48. The highest BCUT2D eigenvalue weighted by Crippen LogP contribution is 2.35. The van der Waals surface area contributed by atoms with Crippen LogP contribution >= 0.6 is 0 Å². The van der Waals surface area contributed by atoms with Crippen molar-refractivity contribution in [3.63, 3.8) is 0 Å². The summed E-state index contributed by atoms with van der Waals surface area (Å²) < 4.78 is 11.3. The van der Waals surface area contributed by atoms with Crippen LogP contribution in [0.5, 0.6) is 11.5 Å². The Morgan fingerprint density at radius 2 is 1.81 bits per heavy atom. The van der Waals surface area contributed by atoms with E-state index in [0.29, 0.717) is 43.3 Å². The van der Waals surface area contributed by atoms with Crippen LogP contribution in [0.1, 0.15) is 21.5 Å². The fourth-order valence-electron chi connectivity index (χ4n) is 4.18.